The van der Waals surface area contributed by atoms with Crippen molar-refractivity contribution in [3.05, 3.63) is 60.2 Å². The average Bonchev–Trinajstić information content (AvgIpc) is 2.58. The minimum Gasteiger partial charge on any atom is -0.544 e. The first kappa shape index (κ1) is 18.9. The molecule has 0 aliphatic heterocycles. The standard InChI is InChI=1S/C20H26O4Si/c1-15(24-25(4,5)6)17-12-18(21-2)20(22-3)19(13-17)23-14-16-10-8-7-9-11-16/h7-13H,1,14H2,2-6H3. The monoisotopic (exact) mass is 358 g/mol. The van der Waals surface area contributed by atoms with E-state index in [1.54, 1.807) is 14.2 Å². The summed E-state index contributed by atoms with van der Waals surface area (Å²) in [4.78, 5) is 0. The van der Waals surface area contributed by atoms with Crippen LogP contribution in [0.4, 0.5) is 0 Å². The SMILES string of the molecule is C=C(O[Si](C)(C)C)c1cc(OC)c(OC)c(OCc2ccccc2)c1. The molecule has 0 N–H and O–H groups in total. The first-order valence-corrected chi connectivity index (χ1v) is 11.6. The smallest absolute Gasteiger partial charge is 0.242 e. The van der Waals surface area contributed by atoms with Gasteiger partial charge in [0.2, 0.25) is 14.1 Å². The van der Waals surface area contributed by atoms with Gasteiger partial charge in [0.25, 0.3) is 0 Å². The second-order valence-electron chi connectivity index (χ2n) is 6.62. The lowest BCUT2D eigenvalue weighted by atomic mass is 10.1. The molecule has 0 spiro atoms. The number of benzene rings is 2. The van der Waals surface area contributed by atoms with E-state index in [1.807, 2.05) is 42.5 Å². The Bertz CT molecular complexity index is 720. The third-order valence-electron chi connectivity index (χ3n) is 3.43. The predicted octanol–water partition coefficient (Wildman–Crippen LogP) is 5.11. The molecule has 0 unspecified atom stereocenters. The van der Waals surface area contributed by atoms with Crippen LogP contribution in [-0.4, -0.2) is 22.5 Å². The molecule has 0 amide bonds. The first-order valence-electron chi connectivity index (χ1n) is 8.15. The fourth-order valence-electron chi connectivity index (χ4n) is 2.36. The van der Waals surface area contributed by atoms with Crippen LogP contribution in [0, 0.1) is 0 Å². The van der Waals surface area contributed by atoms with E-state index in [4.69, 9.17) is 18.6 Å². The molecule has 0 aliphatic rings. The number of methoxy groups -OCH3 is 2. The van der Waals surface area contributed by atoms with E-state index in [0.717, 1.165) is 11.1 Å². The van der Waals surface area contributed by atoms with Crippen molar-refractivity contribution in [2.75, 3.05) is 14.2 Å². The van der Waals surface area contributed by atoms with Gasteiger partial charge in [0.15, 0.2) is 11.5 Å². The lowest BCUT2D eigenvalue weighted by Gasteiger charge is -2.22. The highest BCUT2D eigenvalue weighted by atomic mass is 28.4. The van der Waals surface area contributed by atoms with Crippen LogP contribution in [0.25, 0.3) is 5.76 Å². The first-order chi connectivity index (χ1) is 11.8. The Morgan fingerprint density at radius 1 is 0.960 bits per heavy atom. The van der Waals surface area contributed by atoms with Gasteiger partial charge in [-0.15, -0.1) is 0 Å². The topological polar surface area (TPSA) is 36.9 Å². The van der Waals surface area contributed by atoms with Crippen molar-refractivity contribution in [1.29, 1.82) is 0 Å². The van der Waals surface area contributed by atoms with E-state index in [2.05, 4.69) is 26.2 Å². The van der Waals surface area contributed by atoms with Gasteiger partial charge < -0.3 is 18.6 Å². The molecule has 2 rings (SSSR count). The Kier molecular flexibility index (Phi) is 6.15. The van der Waals surface area contributed by atoms with E-state index in [0.29, 0.717) is 29.6 Å². The van der Waals surface area contributed by atoms with Crippen molar-refractivity contribution >= 4 is 14.1 Å². The van der Waals surface area contributed by atoms with Crippen LogP contribution < -0.4 is 14.2 Å². The zero-order chi connectivity index (χ0) is 18.4. The van der Waals surface area contributed by atoms with Crippen molar-refractivity contribution in [1.82, 2.24) is 0 Å². The van der Waals surface area contributed by atoms with Gasteiger partial charge in [0.1, 0.15) is 12.4 Å². The third kappa shape index (κ3) is 5.29. The Hall–Kier alpha value is -2.40. The molecule has 134 valence electrons. The van der Waals surface area contributed by atoms with E-state index in [1.165, 1.54) is 0 Å². The van der Waals surface area contributed by atoms with Gasteiger partial charge >= 0.3 is 0 Å². The quantitative estimate of drug-likeness (QED) is 0.486. The zero-order valence-electron chi connectivity index (χ0n) is 15.6. The molecule has 0 radical (unpaired) electrons. The third-order valence-corrected chi connectivity index (χ3v) is 4.29. The van der Waals surface area contributed by atoms with Gasteiger partial charge in [-0.1, -0.05) is 36.9 Å². The number of ether oxygens (including phenoxy) is 3. The van der Waals surface area contributed by atoms with E-state index in [9.17, 15) is 0 Å². The van der Waals surface area contributed by atoms with Crippen molar-refractivity contribution in [3.63, 3.8) is 0 Å². The molecule has 25 heavy (non-hydrogen) atoms. The molecule has 2 aromatic carbocycles. The normalized spacial score (nSPS) is 10.9. The highest BCUT2D eigenvalue weighted by Gasteiger charge is 2.20. The maximum Gasteiger partial charge on any atom is 0.242 e. The number of hydrogen-bond donors (Lipinski definition) is 0. The zero-order valence-corrected chi connectivity index (χ0v) is 16.6. The summed E-state index contributed by atoms with van der Waals surface area (Å²) in [6, 6.07) is 13.7. The van der Waals surface area contributed by atoms with Crippen LogP contribution >= 0.6 is 0 Å². The maximum atomic E-state index is 6.01. The second kappa shape index (κ2) is 8.12. The lowest BCUT2D eigenvalue weighted by Crippen LogP contribution is -2.24. The molecule has 0 saturated carbocycles. The molecule has 0 atom stereocenters. The molecule has 5 heteroatoms. The lowest BCUT2D eigenvalue weighted by molar-refractivity contribution is 0.275. The number of rotatable bonds is 8. The molecule has 0 fully saturated rings. The molecule has 0 heterocycles. The fourth-order valence-corrected chi connectivity index (χ4v) is 3.22. The minimum atomic E-state index is -1.75. The van der Waals surface area contributed by atoms with Crippen LogP contribution in [0.5, 0.6) is 17.2 Å². The van der Waals surface area contributed by atoms with Crippen LogP contribution in [-0.2, 0) is 11.0 Å². The second-order valence-corrected chi connectivity index (χ2v) is 11.1. The predicted molar refractivity (Wildman–Crippen MR) is 104 cm³/mol. The highest BCUT2D eigenvalue weighted by Crippen LogP contribution is 2.40. The van der Waals surface area contributed by atoms with Crippen molar-refractivity contribution < 1.29 is 18.6 Å². The Labute approximate surface area is 151 Å². The van der Waals surface area contributed by atoms with Crippen LogP contribution in [0.1, 0.15) is 11.1 Å². The van der Waals surface area contributed by atoms with Crippen LogP contribution in [0.3, 0.4) is 0 Å². The summed E-state index contributed by atoms with van der Waals surface area (Å²) >= 11 is 0. The summed E-state index contributed by atoms with van der Waals surface area (Å²) in [5, 5.41) is 0. The molecule has 0 bridgehead atoms. The molecular weight excluding hydrogens is 332 g/mol. The van der Waals surface area contributed by atoms with Gasteiger partial charge in [0.05, 0.1) is 14.2 Å². The summed E-state index contributed by atoms with van der Waals surface area (Å²) in [5.41, 5.74) is 1.90. The summed E-state index contributed by atoms with van der Waals surface area (Å²) in [6.45, 7) is 10.8. The van der Waals surface area contributed by atoms with Crippen molar-refractivity contribution in [2.45, 2.75) is 26.2 Å². The largest absolute Gasteiger partial charge is 0.544 e. The average molecular weight is 359 g/mol. The van der Waals surface area contributed by atoms with Gasteiger partial charge in [0, 0.05) is 5.56 Å². The maximum absolute atomic E-state index is 6.01. The summed E-state index contributed by atoms with van der Waals surface area (Å²) in [7, 11) is 1.45. The summed E-state index contributed by atoms with van der Waals surface area (Å²) in [5.74, 6) is 2.36. The highest BCUT2D eigenvalue weighted by molar-refractivity contribution is 6.70. The molecule has 0 saturated heterocycles. The van der Waals surface area contributed by atoms with Crippen molar-refractivity contribution in [2.24, 2.45) is 0 Å². The van der Waals surface area contributed by atoms with E-state index >= 15 is 0 Å². The van der Waals surface area contributed by atoms with Crippen molar-refractivity contribution in [3.8, 4) is 17.2 Å². The Balaban J connectivity index is 2.32. The van der Waals surface area contributed by atoms with Crippen LogP contribution in [0.15, 0.2) is 49.0 Å². The van der Waals surface area contributed by atoms with Gasteiger partial charge in [-0.2, -0.15) is 0 Å². The number of hydrogen-bond acceptors (Lipinski definition) is 4. The van der Waals surface area contributed by atoms with Gasteiger partial charge in [-0.25, -0.2) is 0 Å². The Morgan fingerprint density at radius 2 is 1.60 bits per heavy atom. The summed E-state index contributed by atoms with van der Waals surface area (Å²) < 4.78 is 22.9. The van der Waals surface area contributed by atoms with Gasteiger partial charge in [-0.05, 0) is 37.3 Å². The summed E-state index contributed by atoms with van der Waals surface area (Å²) in [6.07, 6.45) is 0. The molecule has 0 aromatic heterocycles. The van der Waals surface area contributed by atoms with Crippen LogP contribution in [0.2, 0.25) is 19.6 Å². The Morgan fingerprint density at radius 3 is 2.16 bits per heavy atom. The molecule has 2 aromatic rings. The van der Waals surface area contributed by atoms with E-state index in [-0.39, 0.29) is 0 Å². The molecule has 4 nitrogen and oxygen atoms in total. The molecular formula is C20H26O4Si. The fraction of sp³-hybridized carbons (Fsp3) is 0.300. The minimum absolute atomic E-state index is 0.436. The van der Waals surface area contributed by atoms with Gasteiger partial charge in [-0.3, -0.25) is 0 Å². The van der Waals surface area contributed by atoms with E-state index < -0.39 is 8.32 Å². The molecule has 0 aliphatic carbocycles.